The molecule has 3 aromatic rings. The molecule has 0 spiro atoms. The molecule has 0 aliphatic rings. The summed E-state index contributed by atoms with van der Waals surface area (Å²) in [6, 6.07) is 22.4. The van der Waals surface area contributed by atoms with Crippen LogP contribution in [-0.2, 0) is 32.6 Å². The number of sulfonamides is 1. The van der Waals surface area contributed by atoms with Crippen LogP contribution in [0.3, 0.4) is 0 Å². The number of hydrogen-bond donors (Lipinski definition) is 1. The molecule has 202 valence electrons. The van der Waals surface area contributed by atoms with Gasteiger partial charge in [-0.25, -0.2) is 8.42 Å². The van der Waals surface area contributed by atoms with Crippen molar-refractivity contribution in [3.8, 4) is 0 Å². The normalized spacial score (nSPS) is 12.0. The number of carbonyl (C=O) groups is 2. The van der Waals surface area contributed by atoms with Crippen LogP contribution < -0.4 is 9.62 Å². The maximum absolute atomic E-state index is 13.6. The molecule has 0 saturated heterocycles. The van der Waals surface area contributed by atoms with E-state index in [0.29, 0.717) is 22.2 Å². The summed E-state index contributed by atoms with van der Waals surface area (Å²) < 4.78 is 26.2. The smallest absolute Gasteiger partial charge is 0.242 e. The zero-order valence-electron chi connectivity index (χ0n) is 21.3. The summed E-state index contributed by atoms with van der Waals surface area (Å²) >= 11 is 12.1. The minimum Gasteiger partial charge on any atom is -0.357 e. The summed E-state index contributed by atoms with van der Waals surface area (Å²) in [7, 11) is -2.06. The lowest BCUT2D eigenvalue weighted by molar-refractivity contribution is -0.141. The Hall–Kier alpha value is -3.07. The van der Waals surface area contributed by atoms with Gasteiger partial charge >= 0.3 is 0 Å². The molecule has 38 heavy (non-hydrogen) atoms. The Morgan fingerprint density at radius 1 is 0.895 bits per heavy atom. The van der Waals surface area contributed by atoms with E-state index in [0.717, 1.165) is 17.4 Å². The highest BCUT2D eigenvalue weighted by Gasteiger charge is 2.30. The monoisotopic (exact) mass is 575 g/mol. The maximum Gasteiger partial charge on any atom is 0.242 e. The lowest BCUT2D eigenvalue weighted by Gasteiger charge is -2.31. The van der Waals surface area contributed by atoms with E-state index in [-0.39, 0.29) is 37.7 Å². The van der Waals surface area contributed by atoms with Crippen molar-refractivity contribution in [2.45, 2.75) is 31.8 Å². The van der Waals surface area contributed by atoms with Gasteiger partial charge in [-0.3, -0.25) is 13.9 Å². The quantitative estimate of drug-likeness (QED) is 0.332. The Bertz CT molecular complexity index is 1340. The fraction of sp³-hybridized carbons (Fsp3) is 0.286. The van der Waals surface area contributed by atoms with Crippen LogP contribution in [0.5, 0.6) is 0 Å². The number of benzene rings is 3. The topological polar surface area (TPSA) is 86.8 Å². The predicted octanol–water partition coefficient (Wildman–Crippen LogP) is 4.93. The fourth-order valence-corrected chi connectivity index (χ4v) is 5.41. The molecule has 1 atom stereocenters. The molecule has 0 aromatic heterocycles. The van der Waals surface area contributed by atoms with Crippen LogP contribution in [0.1, 0.15) is 24.0 Å². The minimum absolute atomic E-state index is 0.0441. The Labute approximate surface area is 234 Å². The van der Waals surface area contributed by atoms with Crippen LogP contribution >= 0.6 is 23.2 Å². The molecule has 1 unspecified atom stereocenters. The number of rotatable bonds is 12. The zero-order valence-corrected chi connectivity index (χ0v) is 23.6. The summed E-state index contributed by atoms with van der Waals surface area (Å²) in [5.74, 6) is -0.545. The average Bonchev–Trinajstić information content (AvgIpc) is 2.89. The summed E-state index contributed by atoms with van der Waals surface area (Å²) in [4.78, 5) is 28.2. The Balaban J connectivity index is 1.84. The number of halogens is 2. The second-order valence-electron chi connectivity index (χ2n) is 8.89. The molecule has 10 heteroatoms. The van der Waals surface area contributed by atoms with Crippen molar-refractivity contribution in [1.82, 2.24) is 10.2 Å². The van der Waals surface area contributed by atoms with E-state index < -0.39 is 16.1 Å². The van der Waals surface area contributed by atoms with Crippen molar-refractivity contribution >= 4 is 50.7 Å². The average molecular weight is 577 g/mol. The SMILES string of the molecule is CNC(=O)C(Cc1ccccc1)N(Cc1ccc(Cl)cc1)C(=O)CCCN(c1cccc(Cl)c1)S(C)(=O)=O. The van der Waals surface area contributed by atoms with E-state index in [1.54, 1.807) is 48.3 Å². The summed E-state index contributed by atoms with van der Waals surface area (Å²) in [6.45, 7) is 0.286. The molecular weight excluding hydrogens is 545 g/mol. The van der Waals surface area contributed by atoms with Crippen molar-refractivity contribution in [3.05, 3.63) is 100 Å². The highest BCUT2D eigenvalue weighted by molar-refractivity contribution is 7.92. The lowest BCUT2D eigenvalue weighted by Crippen LogP contribution is -2.49. The Kier molecular flexibility index (Phi) is 10.6. The van der Waals surface area contributed by atoms with Gasteiger partial charge in [-0.1, -0.05) is 71.7 Å². The van der Waals surface area contributed by atoms with Crippen LogP contribution in [0.15, 0.2) is 78.9 Å². The lowest BCUT2D eigenvalue weighted by atomic mass is 10.0. The molecule has 0 radical (unpaired) electrons. The molecule has 0 saturated carbocycles. The molecule has 0 aliphatic heterocycles. The third-order valence-corrected chi connectivity index (χ3v) is 7.71. The Morgan fingerprint density at radius 3 is 2.18 bits per heavy atom. The minimum atomic E-state index is -3.61. The molecule has 2 amide bonds. The summed E-state index contributed by atoms with van der Waals surface area (Å²) in [6.07, 6.45) is 1.74. The number of amides is 2. The van der Waals surface area contributed by atoms with E-state index in [2.05, 4.69) is 5.32 Å². The third kappa shape index (κ3) is 8.48. The van der Waals surface area contributed by atoms with Crippen LogP contribution in [-0.4, -0.2) is 51.0 Å². The van der Waals surface area contributed by atoms with Crippen molar-refractivity contribution in [2.24, 2.45) is 0 Å². The third-order valence-electron chi connectivity index (χ3n) is 6.03. The summed E-state index contributed by atoms with van der Waals surface area (Å²) in [5.41, 5.74) is 2.17. The van der Waals surface area contributed by atoms with Gasteiger partial charge in [0.25, 0.3) is 0 Å². The van der Waals surface area contributed by atoms with Crippen LogP contribution in [0, 0.1) is 0 Å². The maximum atomic E-state index is 13.6. The van der Waals surface area contributed by atoms with Gasteiger partial charge in [-0.2, -0.15) is 0 Å². The molecule has 7 nitrogen and oxygen atoms in total. The highest BCUT2D eigenvalue weighted by Crippen LogP contribution is 2.23. The molecule has 1 N–H and O–H groups in total. The summed E-state index contributed by atoms with van der Waals surface area (Å²) in [5, 5.41) is 3.67. The first kappa shape index (κ1) is 29.5. The fourth-order valence-electron chi connectivity index (χ4n) is 4.14. The Morgan fingerprint density at radius 2 is 1.58 bits per heavy atom. The number of hydrogen-bond acceptors (Lipinski definition) is 4. The zero-order chi connectivity index (χ0) is 27.7. The molecule has 0 fully saturated rings. The number of anilines is 1. The standard InChI is InChI=1S/C28H31Cl2N3O4S/c1-31-28(35)26(18-21-8-4-3-5-9-21)32(20-22-13-15-23(29)16-14-22)27(34)12-7-17-33(38(2,36)37)25-11-6-10-24(30)19-25/h3-6,8-11,13-16,19,26H,7,12,17-18,20H2,1-2H3,(H,31,35). The molecule has 3 rings (SSSR count). The van der Waals surface area contributed by atoms with Crippen molar-refractivity contribution in [1.29, 1.82) is 0 Å². The first-order chi connectivity index (χ1) is 18.1. The predicted molar refractivity (Wildman–Crippen MR) is 153 cm³/mol. The van der Waals surface area contributed by atoms with E-state index in [4.69, 9.17) is 23.2 Å². The molecular formula is C28H31Cl2N3O4S. The van der Waals surface area contributed by atoms with Crippen molar-refractivity contribution in [3.63, 3.8) is 0 Å². The van der Waals surface area contributed by atoms with Gasteiger partial charge in [-0.15, -0.1) is 0 Å². The number of carbonyl (C=O) groups excluding carboxylic acids is 2. The molecule has 0 heterocycles. The van der Waals surface area contributed by atoms with Crippen molar-refractivity contribution in [2.75, 3.05) is 24.2 Å². The van der Waals surface area contributed by atoms with E-state index in [1.807, 2.05) is 42.5 Å². The van der Waals surface area contributed by atoms with Gasteiger partial charge in [0.1, 0.15) is 6.04 Å². The molecule has 0 bridgehead atoms. The molecule has 3 aromatic carbocycles. The number of likely N-dealkylation sites (N-methyl/N-ethyl adjacent to an activating group) is 1. The van der Waals surface area contributed by atoms with Gasteiger partial charge in [0.05, 0.1) is 11.9 Å². The van der Waals surface area contributed by atoms with Gasteiger partial charge < -0.3 is 10.2 Å². The highest BCUT2D eigenvalue weighted by atomic mass is 35.5. The van der Waals surface area contributed by atoms with E-state index in [1.165, 1.54) is 4.31 Å². The first-order valence-corrected chi connectivity index (χ1v) is 14.7. The second-order valence-corrected chi connectivity index (χ2v) is 11.7. The van der Waals surface area contributed by atoms with Gasteiger partial charge in [0, 0.05) is 43.0 Å². The van der Waals surface area contributed by atoms with Crippen LogP contribution in [0.25, 0.3) is 0 Å². The van der Waals surface area contributed by atoms with Gasteiger partial charge in [0.2, 0.25) is 21.8 Å². The largest absolute Gasteiger partial charge is 0.357 e. The van der Waals surface area contributed by atoms with Gasteiger partial charge in [-0.05, 0) is 47.9 Å². The molecule has 0 aliphatic carbocycles. The number of nitrogens with zero attached hydrogens (tertiary/aromatic N) is 2. The van der Waals surface area contributed by atoms with Crippen molar-refractivity contribution < 1.29 is 18.0 Å². The van der Waals surface area contributed by atoms with Gasteiger partial charge in [0.15, 0.2) is 0 Å². The first-order valence-electron chi connectivity index (χ1n) is 12.1. The van der Waals surface area contributed by atoms with Crippen LogP contribution in [0.4, 0.5) is 5.69 Å². The van der Waals surface area contributed by atoms with E-state index in [9.17, 15) is 18.0 Å². The van der Waals surface area contributed by atoms with Crippen LogP contribution in [0.2, 0.25) is 10.0 Å². The number of nitrogens with one attached hydrogen (secondary N) is 1. The second kappa shape index (κ2) is 13.6. The van der Waals surface area contributed by atoms with E-state index >= 15 is 0 Å².